The summed E-state index contributed by atoms with van der Waals surface area (Å²) in [7, 11) is 0. The van der Waals surface area contributed by atoms with E-state index >= 15 is 0 Å². The van der Waals surface area contributed by atoms with Gasteiger partial charge in [-0.25, -0.2) is 4.39 Å². The van der Waals surface area contributed by atoms with E-state index in [0.717, 1.165) is 37.2 Å². The van der Waals surface area contributed by atoms with Crippen LogP contribution >= 0.6 is 0 Å². The fraction of sp³-hybridized carbons (Fsp3) is 0.500. The molecule has 0 radical (unpaired) electrons. The highest BCUT2D eigenvalue weighted by Gasteiger charge is 2.23. The quantitative estimate of drug-likeness (QED) is 0.853. The Labute approximate surface area is 112 Å². The summed E-state index contributed by atoms with van der Waals surface area (Å²) in [6.07, 6.45) is 0.957. The maximum Gasteiger partial charge on any atom is 0.217 e. The second kappa shape index (κ2) is 6.12. The lowest BCUT2D eigenvalue weighted by Crippen LogP contribution is -2.35. The third-order valence-electron chi connectivity index (χ3n) is 3.46. The van der Waals surface area contributed by atoms with Crippen molar-refractivity contribution in [2.45, 2.75) is 32.5 Å². The fourth-order valence-corrected chi connectivity index (χ4v) is 2.56. The Morgan fingerprint density at radius 1 is 1.53 bits per heavy atom. The molecule has 0 spiro atoms. The minimum absolute atomic E-state index is 0.0104. The number of amides is 1. The van der Waals surface area contributed by atoms with Gasteiger partial charge in [0.25, 0.3) is 0 Å². The van der Waals surface area contributed by atoms with Crippen molar-refractivity contribution in [2.24, 2.45) is 5.73 Å². The van der Waals surface area contributed by atoms with Gasteiger partial charge in [0, 0.05) is 39.1 Å². The first-order chi connectivity index (χ1) is 9.08. The molecule has 104 valence electrons. The van der Waals surface area contributed by atoms with Gasteiger partial charge in [-0.05, 0) is 29.7 Å². The zero-order chi connectivity index (χ0) is 13.8. The Morgan fingerprint density at radius 2 is 2.32 bits per heavy atom. The van der Waals surface area contributed by atoms with Crippen molar-refractivity contribution in [1.82, 2.24) is 10.2 Å². The monoisotopic (exact) mass is 265 g/mol. The maximum absolute atomic E-state index is 13.1. The normalized spacial score (nSPS) is 19.6. The number of halogens is 1. The van der Waals surface area contributed by atoms with Gasteiger partial charge in [0.2, 0.25) is 5.91 Å². The molecule has 4 nitrogen and oxygen atoms in total. The molecule has 1 fully saturated rings. The molecule has 5 heteroatoms. The molecular formula is C14H20FN3O. The number of rotatable bonds is 4. The number of nitrogens with zero attached hydrogens (tertiary/aromatic N) is 1. The molecular weight excluding hydrogens is 245 g/mol. The number of nitrogens with one attached hydrogen (secondary N) is 1. The van der Waals surface area contributed by atoms with E-state index in [1.54, 1.807) is 6.07 Å². The van der Waals surface area contributed by atoms with Gasteiger partial charge < -0.3 is 11.1 Å². The number of carbonyl (C=O) groups is 1. The zero-order valence-corrected chi connectivity index (χ0v) is 11.2. The largest absolute Gasteiger partial charge is 0.352 e. The summed E-state index contributed by atoms with van der Waals surface area (Å²) < 4.78 is 13.1. The van der Waals surface area contributed by atoms with E-state index in [4.69, 9.17) is 5.73 Å². The predicted octanol–water partition coefficient (Wildman–Crippen LogP) is 0.995. The van der Waals surface area contributed by atoms with Crippen LogP contribution < -0.4 is 11.1 Å². The molecule has 0 bridgehead atoms. The van der Waals surface area contributed by atoms with Crippen LogP contribution in [-0.2, 0) is 17.9 Å². The summed E-state index contributed by atoms with van der Waals surface area (Å²) in [5.74, 6) is -0.238. The van der Waals surface area contributed by atoms with Crippen LogP contribution in [0.3, 0.4) is 0 Å². The van der Waals surface area contributed by atoms with Gasteiger partial charge in [0.05, 0.1) is 0 Å². The lowest BCUT2D eigenvalue weighted by molar-refractivity contribution is -0.119. The van der Waals surface area contributed by atoms with Crippen molar-refractivity contribution in [3.05, 3.63) is 35.1 Å². The second-order valence-electron chi connectivity index (χ2n) is 5.04. The van der Waals surface area contributed by atoms with Crippen molar-refractivity contribution >= 4 is 5.91 Å². The van der Waals surface area contributed by atoms with Crippen LogP contribution in [0.1, 0.15) is 24.5 Å². The lowest BCUT2D eigenvalue weighted by atomic mass is 10.1. The first-order valence-corrected chi connectivity index (χ1v) is 6.55. The SMILES string of the molecule is CC(=O)NC1CCN(Cc2ccc(F)cc2CN)C1. The average molecular weight is 265 g/mol. The Hall–Kier alpha value is -1.46. The van der Waals surface area contributed by atoms with Gasteiger partial charge in [-0.1, -0.05) is 6.07 Å². The number of likely N-dealkylation sites (tertiary alicyclic amines) is 1. The number of hydrogen-bond acceptors (Lipinski definition) is 3. The summed E-state index contributed by atoms with van der Waals surface area (Å²) in [4.78, 5) is 13.3. The summed E-state index contributed by atoms with van der Waals surface area (Å²) in [6, 6.07) is 4.98. The van der Waals surface area contributed by atoms with Gasteiger partial charge in [-0.3, -0.25) is 9.69 Å². The molecule has 1 atom stereocenters. The minimum Gasteiger partial charge on any atom is -0.352 e. The summed E-state index contributed by atoms with van der Waals surface area (Å²) in [5.41, 5.74) is 7.56. The van der Waals surface area contributed by atoms with Crippen LogP contribution in [0.2, 0.25) is 0 Å². The first-order valence-electron chi connectivity index (χ1n) is 6.55. The molecule has 19 heavy (non-hydrogen) atoms. The molecule has 1 saturated heterocycles. The van der Waals surface area contributed by atoms with Crippen molar-refractivity contribution in [3.8, 4) is 0 Å². The molecule has 2 rings (SSSR count). The Bertz CT molecular complexity index is 464. The van der Waals surface area contributed by atoms with Gasteiger partial charge in [-0.2, -0.15) is 0 Å². The van der Waals surface area contributed by atoms with E-state index in [9.17, 15) is 9.18 Å². The zero-order valence-electron chi connectivity index (χ0n) is 11.2. The van der Waals surface area contributed by atoms with Crippen molar-refractivity contribution in [1.29, 1.82) is 0 Å². The van der Waals surface area contributed by atoms with Crippen LogP contribution in [0, 0.1) is 5.82 Å². The van der Waals surface area contributed by atoms with Crippen LogP contribution in [0.5, 0.6) is 0 Å². The Kier molecular flexibility index (Phi) is 4.50. The highest BCUT2D eigenvalue weighted by atomic mass is 19.1. The van der Waals surface area contributed by atoms with Crippen LogP contribution in [0.4, 0.5) is 4.39 Å². The molecule has 0 saturated carbocycles. The summed E-state index contributed by atoms with van der Waals surface area (Å²) in [6.45, 7) is 4.40. The van der Waals surface area contributed by atoms with E-state index in [0.29, 0.717) is 6.54 Å². The van der Waals surface area contributed by atoms with Crippen LogP contribution in [0.25, 0.3) is 0 Å². The van der Waals surface area contributed by atoms with E-state index in [1.165, 1.54) is 19.1 Å². The maximum atomic E-state index is 13.1. The molecule has 1 heterocycles. The topological polar surface area (TPSA) is 58.4 Å². The molecule has 1 aromatic rings. The highest BCUT2D eigenvalue weighted by molar-refractivity contribution is 5.73. The standard InChI is InChI=1S/C14H20FN3O/c1-10(19)17-14-4-5-18(9-14)8-11-2-3-13(15)6-12(11)7-16/h2-3,6,14H,4-5,7-9,16H2,1H3,(H,17,19). The molecule has 1 aromatic carbocycles. The Balaban J connectivity index is 1.97. The molecule has 1 unspecified atom stereocenters. The third-order valence-corrected chi connectivity index (χ3v) is 3.46. The Morgan fingerprint density at radius 3 is 3.00 bits per heavy atom. The van der Waals surface area contributed by atoms with Crippen LogP contribution in [-0.4, -0.2) is 29.9 Å². The smallest absolute Gasteiger partial charge is 0.217 e. The first kappa shape index (κ1) is 14.0. The minimum atomic E-state index is -0.248. The molecule has 1 aliphatic rings. The fourth-order valence-electron chi connectivity index (χ4n) is 2.56. The van der Waals surface area contributed by atoms with E-state index in [1.807, 2.05) is 0 Å². The molecule has 3 N–H and O–H groups in total. The number of benzene rings is 1. The number of carbonyl (C=O) groups excluding carboxylic acids is 1. The van der Waals surface area contributed by atoms with Crippen molar-refractivity contribution < 1.29 is 9.18 Å². The molecule has 1 amide bonds. The van der Waals surface area contributed by atoms with Gasteiger partial charge >= 0.3 is 0 Å². The lowest BCUT2D eigenvalue weighted by Gasteiger charge is -2.18. The number of hydrogen-bond donors (Lipinski definition) is 2. The molecule has 0 aliphatic carbocycles. The summed E-state index contributed by atoms with van der Waals surface area (Å²) in [5, 5.41) is 2.93. The molecule has 0 aromatic heterocycles. The summed E-state index contributed by atoms with van der Waals surface area (Å²) >= 11 is 0. The molecule has 1 aliphatic heterocycles. The van der Waals surface area contributed by atoms with Gasteiger partial charge in [-0.15, -0.1) is 0 Å². The number of nitrogens with two attached hydrogens (primary N) is 1. The predicted molar refractivity (Wildman–Crippen MR) is 71.8 cm³/mol. The second-order valence-corrected chi connectivity index (χ2v) is 5.04. The third kappa shape index (κ3) is 3.75. The van der Waals surface area contributed by atoms with Gasteiger partial charge in [0.15, 0.2) is 0 Å². The van der Waals surface area contributed by atoms with E-state index in [2.05, 4.69) is 10.2 Å². The van der Waals surface area contributed by atoms with E-state index < -0.39 is 0 Å². The average Bonchev–Trinajstić information content (AvgIpc) is 2.78. The van der Waals surface area contributed by atoms with Gasteiger partial charge in [0.1, 0.15) is 5.82 Å². The van der Waals surface area contributed by atoms with Crippen LogP contribution in [0.15, 0.2) is 18.2 Å². The van der Waals surface area contributed by atoms with E-state index in [-0.39, 0.29) is 17.8 Å². The van der Waals surface area contributed by atoms with Crippen molar-refractivity contribution in [2.75, 3.05) is 13.1 Å². The van der Waals surface area contributed by atoms with Crippen molar-refractivity contribution in [3.63, 3.8) is 0 Å². The highest BCUT2D eigenvalue weighted by Crippen LogP contribution is 2.17.